The Hall–Kier alpha value is -2.86. The van der Waals surface area contributed by atoms with E-state index in [4.69, 9.17) is 16.7 Å². The summed E-state index contributed by atoms with van der Waals surface area (Å²) in [5.74, 6) is -0.932. The predicted octanol–water partition coefficient (Wildman–Crippen LogP) is 4.83. The minimum atomic E-state index is -0.932. The summed E-state index contributed by atoms with van der Waals surface area (Å²) in [7, 11) is 0. The van der Waals surface area contributed by atoms with E-state index < -0.39 is 12.1 Å². The van der Waals surface area contributed by atoms with Crippen molar-refractivity contribution >= 4 is 23.3 Å². The van der Waals surface area contributed by atoms with Crippen LogP contribution < -0.4 is 10.6 Å². The summed E-state index contributed by atoms with van der Waals surface area (Å²) in [4.78, 5) is 11.0. The Morgan fingerprint density at radius 3 is 2.40 bits per heavy atom. The third-order valence-electron chi connectivity index (χ3n) is 4.83. The van der Waals surface area contributed by atoms with Crippen LogP contribution in [-0.4, -0.2) is 35.3 Å². The molecule has 0 aliphatic carbocycles. The SMILES string of the molecule is C[C@@H](CNc1cccc(-c2ccc(C(=O)O)cc2)c1)NC[C@H](O)c1cccc(Cl)c1. The molecule has 0 unspecified atom stereocenters. The number of nitrogens with one attached hydrogen (secondary N) is 2. The van der Waals surface area contributed by atoms with Crippen LogP contribution in [0.3, 0.4) is 0 Å². The number of benzene rings is 3. The van der Waals surface area contributed by atoms with Crippen molar-refractivity contribution in [2.75, 3.05) is 18.4 Å². The number of hydrogen-bond acceptors (Lipinski definition) is 4. The Labute approximate surface area is 181 Å². The molecular formula is C24H25ClN2O3. The smallest absolute Gasteiger partial charge is 0.335 e. The Kier molecular flexibility index (Phi) is 7.46. The highest BCUT2D eigenvalue weighted by molar-refractivity contribution is 6.30. The van der Waals surface area contributed by atoms with Gasteiger partial charge in [0.25, 0.3) is 0 Å². The fraction of sp³-hybridized carbons (Fsp3) is 0.208. The number of anilines is 1. The largest absolute Gasteiger partial charge is 0.478 e. The number of carboxylic acid groups (broad SMARTS) is 1. The van der Waals surface area contributed by atoms with Crippen LogP contribution in [0.2, 0.25) is 5.02 Å². The second kappa shape index (κ2) is 10.3. The van der Waals surface area contributed by atoms with Gasteiger partial charge in [-0.2, -0.15) is 0 Å². The molecule has 3 aromatic carbocycles. The number of hydrogen-bond donors (Lipinski definition) is 4. The molecule has 0 spiro atoms. The number of aromatic carboxylic acids is 1. The lowest BCUT2D eigenvalue weighted by Gasteiger charge is -2.19. The van der Waals surface area contributed by atoms with Gasteiger partial charge < -0.3 is 20.8 Å². The van der Waals surface area contributed by atoms with Gasteiger partial charge in [0, 0.05) is 29.8 Å². The molecule has 3 rings (SSSR count). The van der Waals surface area contributed by atoms with Gasteiger partial charge in [0.05, 0.1) is 11.7 Å². The zero-order valence-corrected chi connectivity index (χ0v) is 17.4. The average Bonchev–Trinajstić information content (AvgIpc) is 2.76. The molecule has 0 saturated carbocycles. The Bertz CT molecular complexity index is 992. The van der Waals surface area contributed by atoms with Gasteiger partial charge in [-0.15, -0.1) is 0 Å². The number of aliphatic hydroxyl groups excluding tert-OH is 1. The summed E-state index contributed by atoms with van der Waals surface area (Å²) >= 11 is 5.98. The van der Waals surface area contributed by atoms with E-state index in [2.05, 4.69) is 10.6 Å². The maximum atomic E-state index is 11.0. The van der Waals surface area contributed by atoms with Gasteiger partial charge in [-0.05, 0) is 60.0 Å². The number of rotatable bonds is 9. The van der Waals surface area contributed by atoms with Crippen molar-refractivity contribution in [1.29, 1.82) is 0 Å². The van der Waals surface area contributed by atoms with Gasteiger partial charge in [-0.25, -0.2) is 4.79 Å². The first-order valence-corrected chi connectivity index (χ1v) is 10.1. The molecule has 0 amide bonds. The molecule has 0 radical (unpaired) electrons. The molecule has 0 saturated heterocycles. The molecule has 5 nitrogen and oxygen atoms in total. The lowest BCUT2D eigenvalue weighted by atomic mass is 10.0. The summed E-state index contributed by atoms with van der Waals surface area (Å²) in [6.45, 7) is 3.16. The molecule has 0 bridgehead atoms. The number of carboxylic acids is 1. The highest BCUT2D eigenvalue weighted by Gasteiger charge is 2.10. The van der Waals surface area contributed by atoms with E-state index in [0.29, 0.717) is 18.1 Å². The lowest BCUT2D eigenvalue weighted by Crippen LogP contribution is -2.35. The van der Waals surface area contributed by atoms with Gasteiger partial charge in [0.2, 0.25) is 0 Å². The summed E-state index contributed by atoms with van der Waals surface area (Å²) in [5.41, 5.74) is 4.00. The van der Waals surface area contributed by atoms with Gasteiger partial charge in [-0.3, -0.25) is 0 Å². The first-order valence-electron chi connectivity index (χ1n) is 9.77. The van der Waals surface area contributed by atoms with Crippen molar-refractivity contribution in [2.24, 2.45) is 0 Å². The van der Waals surface area contributed by atoms with Crippen LogP contribution in [0.4, 0.5) is 5.69 Å². The van der Waals surface area contributed by atoms with Crippen LogP contribution in [0, 0.1) is 0 Å². The zero-order chi connectivity index (χ0) is 21.5. The second-order valence-electron chi connectivity index (χ2n) is 7.22. The standard InChI is InChI=1S/C24H25ClN2O3/c1-16(26-15-23(28)20-5-2-6-21(25)12-20)14-27-22-7-3-4-19(13-22)17-8-10-18(11-9-17)24(29)30/h2-13,16,23,26-28H,14-15H2,1H3,(H,29,30)/t16-,23-/m0/s1. The van der Waals surface area contributed by atoms with Crippen LogP contribution in [0.5, 0.6) is 0 Å². The van der Waals surface area contributed by atoms with Gasteiger partial charge in [0.1, 0.15) is 0 Å². The van der Waals surface area contributed by atoms with Crippen molar-refractivity contribution in [2.45, 2.75) is 19.1 Å². The van der Waals surface area contributed by atoms with Gasteiger partial charge in [0.15, 0.2) is 0 Å². The normalized spacial score (nSPS) is 12.9. The Balaban J connectivity index is 1.53. The van der Waals surface area contributed by atoms with Crippen molar-refractivity contribution in [3.8, 4) is 11.1 Å². The molecule has 30 heavy (non-hydrogen) atoms. The molecule has 0 fully saturated rings. The summed E-state index contributed by atoms with van der Waals surface area (Å²) in [5, 5.41) is 26.7. The van der Waals surface area contributed by atoms with Crippen molar-refractivity contribution in [3.05, 3.63) is 88.9 Å². The second-order valence-corrected chi connectivity index (χ2v) is 7.66. The average molecular weight is 425 g/mol. The quantitative estimate of drug-likeness (QED) is 0.395. The topological polar surface area (TPSA) is 81.6 Å². The van der Waals surface area contributed by atoms with E-state index in [1.807, 2.05) is 55.5 Å². The molecule has 4 N–H and O–H groups in total. The van der Waals surface area contributed by atoms with E-state index in [-0.39, 0.29) is 11.6 Å². The third kappa shape index (κ3) is 6.07. The molecular weight excluding hydrogens is 400 g/mol. The summed E-state index contributed by atoms with van der Waals surface area (Å²) < 4.78 is 0. The van der Waals surface area contributed by atoms with Crippen molar-refractivity contribution in [3.63, 3.8) is 0 Å². The first-order chi connectivity index (χ1) is 14.4. The molecule has 0 aliphatic rings. The van der Waals surface area contributed by atoms with Crippen molar-refractivity contribution in [1.82, 2.24) is 5.32 Å². The highest BCUT2D eigenvalue weighted by Crippen LogP contribution is 2.23. The maximum absolute atomic E-state index is 11.0. The number of carbonyl (C=O) groups is 1. The van der Waals surface area contributed by atoms with Crippen LogP contribution in [0.1, 0.15) is 28.9 Å². The van der Waals surface area contributed by atoms with E-state index in [0.717, 1.165) is 22.4 Å². The number of aliphatic hydroxyl groups is 1. The molecule has 0 aromatic heterocycles. The van der Waals surface area contributed by atoms with E-state index in [1.165, 1.54) is 0 Å². The maximum Gasteiger partial charge on any atom is 0.335 e. The first kappa shape index (κ1) is 21.8. The predicted molar refractivity (Wildman–Crippen MR) is 121 cm³/mol. The monoisotopic (exact) mass is 424 g/mol. The fourth-order valence-corrected chi connectivity index (χ4v) is 3.30. The van der Waals surface area contributed by atoms with Crippen LogP contribution in [0.15, 0.2) is 72.8 Å². The van der Waals surface area contributed by atoms with E-state index in [9.17, 15) is 9.90 Å². The minimum absolute atomic E-state index is 0.136. The molecule has 6 heteroatoms. The Morgan fingerprint density at radius 2 is 1.70 bits per heavy atom. The van der Waals surface area contributed by atoms with Crippen LogP contribution >= 0.6 is 11.6 Å². The van der Waals surface area contributed by atoms with Crippen LogP contribution in [-0.2, 0) is 0 Å². The highest BCUT2D eigenvalue weighted by atomic mass is 35.5. The van der Waals surface area contributed by atoms with Crippen molar-refractivity contribution < 1.29 is 15.0 Å². The molecule has 0 heterocycles. The Morgan fingerprint density at radius 1 is 0.967 bits per heavy atom. The van der Waals surface area contributed by atoms with Crippen LogP contribution in [0.25, 0.3) is 11.1 Å². The van der Waals surface area contributed by atoms with E-state index in [1.54, 1.807) is 24.3 Å². The van der Waals surface area contributed by atoms with Gasteiger partial charge in [-0.1, -0.05) is 48.0 Å². The summed E-state index contributed by atoms with van der Waals surface area (Å²) in [6, 6.07) is 22.2. The lowest BCUT2D eigenvalue weighted by molar-refractivity contribution is 0.0697. The molecule has 156 valence electrons. The van der Waals surface area contributed by atoms with E-state index >= 15 is 0 Å². The summed E-state index contributed by atoms with van der Waals surface area (Å²) in [6.07, 6.45) is -0.622. The number of halogens is 1. The third-order valence-corrected chi connectivity index (χ3v) is 5.07. The fourth-order valence-electron chi connectivity index (χ4n) is 3.10. The molecule has 2 atom stereocenters. The minimum Gasteiger partial charge on any atom is -0.478 e. The zero-order valence-electron chi connectivity index (χ0n) is 16.7. The van der Waals surface area contributed by atoms with Gasteiger partial charge >= 0.3 is 5.97 Å². The molecule has 0 aliphatic heterocycles. The molecule has 3 aromatic rings.